The van der Waals surface area contributed by atoms with Crippen LogP contribution in [0, 0.1) is 0 Å². The number of fused-ring (bicyclic) bond motifs is 2. The number of nitrogens with one attached hydrogen (secondary N) is 1. The molecule has 2 aromatic heterocycles. The number of anilines is 1. The van der Waals surface area contributed by atoms with Crippen molar-refractivity contribution in [2.45, 2.75) is 39.2 Å². The predicted octanol–water partition coefficient (Wildman–Crippen LogP) is 3.41. The first kappa shape index (κ1) is 16.1. The molecule has 0 bridgehead atoms. The van der Waals surface area contributed by atoms with E-state index in [1.807, 2.05) is 31.3 Å². The van der Waals surface area contributed by atoms with Gasteiger partial charge in [0.2, 0.25) is 5.91 Å². The number of aromatic nitrogens is 3. The van der Waals surface area contributed by atoms with Crippen LogP contribution in [-0.4, -0.2) is 27.3 Å². The van der Waals surface area contributed by atoms with Crippen LogP contribution in [0.15, 0.2) is 24.4 Å². The number of thiazole rings is 1. The molecular formula is C18H20N4O2S. The van der Waals surface area contributed by atoms with E-state index in [9.17, 15) is 4.79 Å². The van der Waals surface area contributed by atoms with Gasteiger partial charge in [0.25, 0.3) is 0 Å². The third-order valence-corrected chi connectivity index (χ3v) is 5.19. The fourth-order valence-corrected chi connectivity index (χ4v) is 4.04. The highest BCUT2D eigenvalue weighted by molar-refractivity contribution is 7.22. The highest BCUT2D eigenvalue weighted by atomic mass is 32.1. The number of hydrogen-bond donors (Lipinski definition) is 1. The van der Waals surface area contributed by atoms with Crippen LogP contribution < -0.4 is 10.1 Å². The highest BCUT2D eigenvalue weighted by Gasteiger charge is 2.15. The first-order chi connectivity index (χ1) is 12.2. The van der Waals surface area contributed by atoms with Gasteiger partial charge in [0.1, 0.15) is 12.3 Å². The molecule has 4 rings (SSSR count). The van der Waals surface area contributed by atoms with Gasteiger partial charge in [0.05, 0.1) is 22.5 Å². The lowest BCUT2D eigenvalue weighted by Gasteiger charge is -2.06. The zero-order valence-electron chi connectivity index (χ0n) is 14.1. The molecule has 0 saturated heterocycles. The van der Waals surface area contributed by atoms with Gasteiger partial charge in [-0.1, -0.05) is 11.3 Å². The first-order valence-corrected chi connectivity index (χ1v) is 9.41. The molecule has 1 aromatic carbocycles. The van der Waals surface area contributed by atoms with Crippen molar-refractivity contribution in [3.05, 3.63) is 35.7 Å². The summed E-state index contributed by atoms with van der Waals surface area (Å²) in [5.74, 6) is 0.711. The van der Waals surface area contributed by atoms with E-state index in [0.29, 0.717) is 11.7 Å². The molecule has 130 valence electrons. The summed E-state index contributed by atoms with van der Waals surface area (Å²) in [6, 6.07) is 5.76. The van der Waals surface area contributed by atoms with E-state index in [4.69, 9.17) is 4.74 Å². The minimum Gasteiger partial charge on any atom is -0.494 e. The van der Waals surface area contributed by atoms with E-state index in [1.165, 1.54) is 29.7 Å². The van der Waals surface area contributed by atoms with Crippen molar-refractivity contribution in [1.29, 1.82) is 0 Å². The summed E-state index contributed by atoms with van der Waals surface area (Å²) in [5, 5.41) is 8.01. The molecule has 1 amide bonds. The Bertz CT molecular complexity index is 892. The maximum absolute atomic E-state index is 12.3. The van der Waals surface area contributed by atoms with Crippen LogP contribution in [-0.2, 0) is 24.2 Å². The summed E-state index contributed by atoms with van der Waals surface area (Å²) >= 11 is 1.45. The second-order valence-electron chi connectivity index (χ2n) is 6.14. The van der Waals surface area contributed by atoms with Gasteiger partial charge in [-0.15, -0.1) is 0 Å². The molecule has 1 aliphatic carbocycles. The van der Waals surface area contributed by atoms with Crippen molar-refractivity contribution in [3.63, 3.8) is 0 Å². The number of carbonyl (C=O) groups excluding carboxylic acids is 1. The van der Waals surface area contributed by atoms with Gasteiger partial charge in [-0.2, -0.15) is 5.10 Å². The Labute approximate surface area is 149 Å². The van der Waals surface area contributed by atoms with Crippen molar-refractivity contribution >= 4 is 32.6 Å². The fraction of sp³-hybridized carbons (Fsp3) is 0.389. The third kappa shape index (κ3) is 3.51. The quantitative estimate of drug-likeness (QED) is 0.761. The lowest BCUT2D eigenvalue weighted by atomic mass is 9.99. The Balaban J connectivity index is 1.45. The number of rotatable bonds is 5. The first-order valence-electron chi connectivity index (χ1n) is 8.59. The molecule has 0 fully saturated rings. The molecule has 0 atom stereocenters. The van der Waals surface area contributed by atoms with Crippen LogP contribution in [0.25, 0.3) is 10.2 Å². The van der Waals surface area contributed by atoms with Crippen molar-refractivity contribution in [2.24, 2.45) is 0 Å². The molecule has 2 heterocycles. The van der Waals surface area contributed by atoms with Gasteiger partial charge < -0.3 is 10.1 Å². The standard InChI is InChI=1S/C18H20N4O2S/c1-2-24-13-7-8-15-16(9-13)25-18(19-15)20-17(23)11-22-10-12-5-3-4-6-14(12)21-22/h7-10H,2-6,11H2,1H3,(H,19,20,23). The van der Waals surface area contributed by atoms with Crippen LogP contribution >= 0.6 is 11.3 Å². The summed E-state index contributed by atoms with van der Waals surface area (Å²) in [4.78, 5) is 16.8. The Morgan fingerprint density at radius 2 is 2.24 bits per heavy atom. The van der Waals surface area contributed by atoms with Gasteiger partial charge in [-0.05, 0) is 56.4 Å². The van der Waals surface area contributed by atoms with Gasteiger partial charge in [0.15, 0.2) is 5.13 Å². The largest absolute Gasteiger partial charge is 0.494 e. The number of nitrogens with zero attached hydrogens (tertiary/aromatic N) is 3. The minimum absolute atomic E-state index is 0.107. The van der Waals surface area contributed by atoms with E-state index in [-0.39, 0.29) is 12.5 Å². The molecule has 1 aliphatic rings. The van der Waals surface area contributed by atoms with Crippen LogP contribution in [0.4, 0.5) is 5.13 Å². The van der Waals surface area contributed by atoms with E-state index in [0.717, 1.165) is 34.5 Å². The average Bonchev–Trinajstić information content (AvgIpc) is 3.16. The Morgan fingerprint density at radius 3 is 3.08 bits per heavy atom. The molecule has 25 heavy (non-hydrogen) atoms. The van der Waals surface area contributed by atoms with Crippen LogP contribution in [0.5, 0.6) is 5.75 Å². The predicted molar refractivity (Wildman–Crippen MR) is 98.3 cm³/mol. The molecule has 3 aromatic rings. The Hall–Kier alpha value is -2.41. The summed E-state index contributed by atoms with van der Waals surface area (Å²) in [5.41, 5.74) is 3.28. The molecule has 0 spiro atoms. The third-order valence-electron chi connectivity index (χ3n) is 4.26. The summed E-state index contributed by atoms with van der Waals surface area (Å²) in [7, 11) is 0. The smallest absolute Gasteiger partial charge is 0.247 e. The molecular weight excluding hydrogens is 336 g/mol. The van der Waals surface area contributed by atoms with Crippen molar-refractivity contribution < 1.29 is 9.53 Å². The summed E-state index contributed by atoms with van der Waals surface area (Å²) in [6.07, 6.45) is 6.48. The lowest BCUT2D eigenvalue weighted by Crippen LogP contribution is -2.19. The molecule has 0 saturated carbocycles. The summed E-state index contributed by atoms with van der Waals surface area (Å²) in [6.45, 7) is 2.80. The highest BCUT2D eigenvalue weighted by Crippen LogP contribution is 2.29. The van der Waals surface area contributed by atoms with Crippen molar-refractivity contribution in [2.75, 3.05) is 11.9 Å². The lowest BCUT2D eigenvalue weighted by molar-refractivity contribution is -0.116. The fourth-order valence-electron chi connectivity index (χ4n) is 3.13. The van der Waals surface area contributed by atoms with Crippen molar-refractivity contribution in [1.82, 2.24) is 14.8 Å². The SMILES string of the molecule is CCOc1ccc2nc(NC(=O)Cn3cc4c(n3)CCCC4)sc2c1. The summed E-state index contributed by atoms with van der Waals surface area (Å²) < 4.78 is 8.24. The van der Waals surface area contributed by atoms with Gasteiger partial charge in [-0.3, -0.25) is 9.48 Å². The maximum atomic E-state index is 12.3. The van der Waals surface area contributed by atoms with E-state index in [1.54, 1.807) is 4.68 Å². The topological polar surface area (TPSA) is 69.0 Å². The second-order valence-corrected chi connectivity index (χ2v) is 7.17. The second kappa shape index (κ2) is 6.84. The number of hydrogen-bond acceptors (Lipinski definition) is 5. The molecule has 0 aliphatic heterocycles. The Kier molecular flexibility index (Phi) is 4.40. The normalized spacial score (nSPS) is 13.6. The zero-order chi connectivity index (χ0) is 17.2. The van der Waals surface area contributed by atoms with E-state index in [2.05, 4.69) is 15.4 Å². The maximum Gasteiger partial charge on any atom is 0.247 e. The number of aryl methyl sites for hydroxylation is 2. The molecule has 6 nitrogen and oxygen atoms in total. The van der Waals surface area contributed by atoms with E-state index >= 15 is 0 Å². The number of carbonyl (C=O) groups is 1. The zero-order valence-corrected chi connectivity index (χ0v) is 14.9. The monoisotopic (exact) mass is 356 g/mol. The van der Waals surface area contributed by atoms with Crippen LogP contribution in [0.2, 0.25) is 0 Å². The van der Waals surface area contributed by atoms with Gasteiger partial charge in [-0.25, -0.2) is 4.98 Å². The van der Waals surface area contributed by atoms with Crippen molar-refractivity contribution in [3.8, 4) is 5.75 Å². The molecule has 7 heteroatoms. The van der Waals surface area contributed by atoms with Crippen LogP contribution in [0.1, 0.15) is 31.0 Å². The Morgan fingerprint density at radius 1 is 1.36 bits per heavy atom. The number of ether oxygens (including phenoxy) is 1. The molecule has 0 unspecified atom stereocenters. The average molecular weight is 356 g/mol. The minimum atomic E-state index is -0.107. The van der Waals surface area contributed by atoms with Gasteiger partial charge in [0, 0.05) is 6.20 Å². The molecule has 1 N–H and O–H groups in total. The van der Waals surface area contributed by atoms with Crippen LogP contribution in [0.3, 0.4) is 0 Å². The van der Waals surface area contributed by atoms with E-state index < -0.39 is 0 Å². The number of amides is 1. The number of benzene rings is 1. The van der Waals surface area contributed by atoms with Gasteiger partial charge >= 0.3 is 0 Å². The molecule has 0 radical (unpaired) electrons.